The van der Waals surface area contributed by atoms with Crippen LogP contribution in [-0.2, 0) is 16.0 Å². The van der Waals surface area contributed by atoms with Crippen molar-refractivity contribution >= 4 is 24.9 Å². The second-order valence-electron chi connectivity index (χ2n) is 8.35. The molecular weight excluding hydrogens is 413 g/mol. The molecule has 0 saturated heterocycles. The predicted molar refractivity (Wildman–Crippen MR) is 123 cm³/mol. The third kappa shape index (κ3) is 8.98. The van der Waals surface area contributed by atoms with Gasteiger partial charge < -0.3 is 15.8 Å². The maximum Gasteiger partial charge on any atom is 0.451 e. The summed E-state index contributed by atoms with van der Waals surface area (Å²) >= 11 is 5.96. The lowest BCUT2D eigenvalue weighted by Gasteiger charge is -2.14. The van der Waals surface area contributed by atoms with Crippen molar-refractivity contribution < 1.29 is 19.6 Å². The fourth-order valence-electron chi connectivity index (χ4n) is 4.51. The number of nitrogens with two attached hydrogens (primary N) is 1. The maximum absolute atomic E-state index is 8.98. The predicted octanol–water partition coefficient (Wildman–Crippen LogP) is 4.35. The minimum atomic E-state index is -1.18. The molecule has 3 atom stereocenters. The molecule has 0 spiro atoms. The molecule has 0 aliphatic heterocycles. The number of hydrogen-bond donors (Lipinski definition) is 3. The van der Waals surface area contributed by atoms with Gasteiger partial charge in [-0.05, 0) is 79.1 Å². The normalized spacial score (nSPS) is 19.9. The van der Waals surface area contributed by atoms with Gasteiger partial charge in [-0.3, -0.25) is 0 Å². The van der Waals surface area contributed by atoms with Gasteiger partial charge in [-0.15, -0.1) is 0 Å². The van der Waals surface area contributed by atoms with Gasteiger partial charge in [0.1, 0.15) is 0 Å². The minimum absolute atomic E-state index is 0.250. The summed E-state index contributed by atoms with van der Waals surface area (Å²) in [5.41, 5.74) is 10.1. The van der Waals surface area contributed by atoms with E-state index in [9.17, 15) is 0 Å². The first-order chi connectivity index (χ1) is 14.9. The Labute approximate surface area is 189 Å². The van der Waals surface area contributed by atoms with Crippen LogP contribution < -0.4 is 5.73 Å². The SMILES string of the molecule is N[C@H]1CC(CCCc2ccc(-c3ccc(Cl)cc3)cc2)C[C@@H]1CCCB(O)O.O=C=O. The Kier molecular flexibility index (Phi) is 11.0. The number of halogens is 1. The molecule has 7 heteroatoms. The molecule has 1 unspecified atom stereocenters. The van der Waals surface area contributed by atoms with Crippen molar-refractivity contribution in [2.75, 3.05) is 0 Å². The van der Waals surface area contributed by atoms with Crippen molar-refractivity contribution in [2.24, 2.45) is 17.6 Å². The molecule has 0 radical (unpaired) electrons. The van der Waals surface area contributed by atoms with Crippen molar-refractivity contribution in [2.45, 2.75) is 57.3 Å². The molecule has 0 aromatic heterocycles. The summed E-state index contributed by atoms with van der Waals surface area (Å²) in [5, 5.41) is 18.7. The minimum Gasteiger partial charge on any atom is -0.427 e. The summed E-state index contributed by atoms with van der Waals surface area (Å²) in [6, 6.07) is 17.1. The number of benzene rings is 2. The summed E-state index contributed by atoms with van der Waals surface area (Å²) < 4.78 is 0. The van der Waals surface area contributed by atoms with Crippen LogP contribution in [0.4, 0.5) is 0 Å². The monoisotopic (exact) mass is 443 g/mol. The van der Waals surface area contributed by atoms with E-state index in [4.69, 9.17) is 37.0 Å². The second-order valence-corrected chi connectivity index (χ2v) is 8.79. The Morgan fingerprint density at radius 2 is 1.52 bits per heavy atom. The van der Waals surface area contributed by atoms with Gasteiger partial charge in [0.05, 0.1) is 0 Å². The van der Waals surface area contributed by atoms with E-state index in [1.807, 2.05) is 12.1 Å². The van der Waals surface area contributed by atoms with Crippen LogP contribution in [0.1, 0.15) is 44.1 Å². The smallest absolute Gasteiger partial charge is 0.427 e. The quantitative estimate of drug-likeness (QED) is 0.500. The molecule has 1 aliphatic rings. The van der Waals surface area contributed by atoms with E-state index < -0.39 is 7.12 Å². The lowest BCUT2D eigenvalue weighted by Crippen LogP contribution is -2.24. The number of carbonyl (C=O) groups excluding carboxylic acids is 2. The van der Waals surface area contributed by atoms with Gasteiger partial charge in [-0.25, -0.2) is 0 Å². The Hall–Kier alpha value is -1.95. The molecule has 3 rings (SSSR count). The molecular formula is C24H31BClNO4. The highest BCUT2D eigenvalue weighted by Crippen LogP contribution is 2.36. The molecule has 166 valence electrons. The summed E-state index contributed by atoms with van der Waals surface area (Å²) in [5.74, 6) is 1.26. The second kappa shape index (κ2) is 13.5. The molecule has 2 aromatic rings. The maximum atomic E-state index is 8.98. The fraction of sp³-hybridized carbons (Fsp3) is 0.458. The van der Waals surface area contributed by atoms with Crippen LogP contribution in [0.3, 0.4) is 0 Å². The summed E-state index contributed by atoms with van der Waals surface area (Å²) in [6.45, 7) is 0. The molecule has 31 heavy (non-hydrogen) atoms. The van der Waals surface area contributed by atoms with E-state index in [1.54, 1.807) is 0 Å². The number of rotatable bonds is 9. The standard InChI is InChI=1S/C23H31BClNO2.CO2/c25-22-12-10-20(11-13-22)19-8-6-17(7-9-19)3-1-4-18-15-21(23(26)16-18)5-2-14-24(27)28;2-1-3/h6-13,18,21,23,27-28H,1-5,14-16,26H2;/t18?,21-,23-;/m0./s1. The van der Waals surface area contributed by atoms with E-state index >= 15 is 0 Å². The fourth-order valence-corrected chi connectivity index (χ4v) is 4.63. The topological polar surface area (TPSA) is 101 Å². The summed E-state index contributed by atoms with van der Waals surface area (Å²) in [6.07, 6.45) is 8.41. The molecule has 0 heterocycles. The van der Waals surface area contributed by atoms with Crippen molar-refractivity contribution in [3.8, 4) is 11.1 Å². The van der Waals surface area contributed by atoms with E-state index in [-0.39, 0.29) is 12.2 Å². The molecule has 1 fully saturated rings. The van der Waals surface area contributed by atoms with Crippen LogP contribution in [0.2, 0.25) is 11.3 Å². The van der Waals surface area contributed by atoms with Gasteiger partial charge in [-0.2, -0.15) is 9.59 Å². The lowest BCUT2D eigenvalue weighted by atomic mass is 9.81. The Morgan fingerprint density at radius 3 is 2.10 bits per heavy atom. The average molecular weight is 444 g/mol. The van der Waals surface area contributed by atoms with Crippen molar-refractivity contribution in [3.63, 3.8) is 0 Å². The van der Waals surface area contributed by atoms with Crippen LogP contribution in [0, 0.1) is 11.8 Å². The highest BCUT2D eigenvalue weighted by atomic mass is 35.5. The lowest BCUT2D eigenvalue weighted by molar-refractivity contribution is -0.191. The molecule has 5 nitrogen and oxygen atoms in total. The number of aryl methyl sites for hydroxylation is 1. The van der Waals surface area contributed by atoms with Gasteiger partial charge in [0.2, 0.25) is 0 Å². The first kappa shape index (κ1) is 25.3. The largest absolute Gasteiger partial charge is 0.451 e. The third-order valence-electron chi connectivity index (χ3n) is 6.09. The van der Waals surface area contributed by atoms with Gasteiger partial charge >= 0.3 is 13.3 Å². The zero-order valence-electron chi connectivity index (χ0n) is 17.8. The van der Waals surface area contributed by atoms with Crippen molar-refractivity contribution in [3.05, 3.63) is 59.1 Å². The van der Waals surface area contributed by atoms with Crippen LogP contribution >= 0.6 is 11.6 Å². The zero-order chi connectivity index (χ0) is 22.6. The average Bonchev–Trinajstić information content (AvgIpc) is 3.09. The van der Waals surface area contributed by atoms with Gasteiger partial charge in [-0.1, -0.05) is 60.8 Å². The Morgan fingerprint density at radius 1 is 0.935 bits per heavy atom. The van der Waals surface area contributed by atoms with E-state index in [1.165, 1.54) is 36.0 Å². The third-order valence-corrected chi connectivity index (χ3v) is 6.35. The Balaban J connectivity index is 0.00000107. The Bertz CT molecular complexity index is 807. The zero-order valence-corrected chi connectivity index (χ0v) is 18.5. The van der Waals surface area contributed by atoms with E-state index in [0.29, 0.717) is 18.2 Å². The van der Waals surface area contributed by atoms with Crippen LogP contribution in [0.5, 0.6) is 0 Å². The van der Waals surface area contributed by atoms with Crippen molar-refractivity contribution in [1.29, 1.82) is 0 Å². The van der Waals surface area contributed by atoms with Gasteiger partial charge in [0, 0.05) is 11.1 Å². The van der Waals surface area contributed by atoms with E-state index in [2.05, 4.69) is 36.4 Å². The summed E-state index contributed by atoms with van der Waals surface area (Å²) in [7, 11) is -1.18. The van der Waals surface area contributed by atoms with Gasteiger partial charge in [0.15, 0.2) is 0 Å². The highest BCUT2D eigenvalue weighted by Gasteiger charge is 2.31. The molecule has 1 aliphatic carbocycles. The molecule has 0 amide bonds. The number of hydrogen-bond acceptors (Lipinski definition) is 5. The molecule has 0 bridgehead atoms. The van der Waals surface area contributed by atoms with Crippen LogP contribution in [0.15, 0.2) is 48.5 Å². The highest BCUT2D eigenvalue weighted by molar-refractivity contribution is 6.40. The van der Waals surface area contributed by atoms with Crippen LogP contribution in [0.25, 0.3) is 11.1 Å². The first-order valence-corrected chi connectivity index (χ1v) is 11.3. The van der Waals surface area contributed by atoms with Gasteiger partial charge in [0.25, 0.3) is 0 Å². The van der Waals surface area contributed by atoms with Crippen LogP contribution in [-0.4, -0.2) is 29.4 Å². The van der Waals surface area contributed by atoms with Crippen molar-refractivity contribution in [1.82, 2.24) is 0 Å². The summed E-state index contributed by atoms with van der Waals surface area (Å²) in [4.78, 5) is 16.2. The first-order valence-electron chi connectivity index (χ1n) is 10.9. The van der Waals surface area contributed by atoms with E-state index in [0.717, 1.165) is 30.7 Å². The molecule has 2 aromatic carbocycles. The molecule has 4 N–H and O–H groups in total. The molecule has 1 saturated carbocycles.